The molecule has 1 saturated heterocycles. The van der Waals surface area contributed by atoms with Crippen LogP contribution in [-0.2, 0) is 17.2 Å². The lowest BCUT2D eigenvalue weighted by Crippen LogP contribution is -2.37. The van der Waals surface area contributed by atoms with Gasteiger partial charge >= 0.3 is 12.1 Å². The number of nitrogens with one attached hydrogen (secondary N) is 3. The zero-order valence-electron chi connectivity index (χ0n) is 21.5. The van der Waals surface area contributed by atoms with E-state index in [1.165, 1.54) is 12.3 Å². The lowest BCUT2D eigenvalue weighted by molar-refractivity contribution is -0.289. The van der Waals surface area contributed by atoms with E-state index < -0.39 is 23.6 Å². The predicted octanol–water partition coefficient (Wildman–Crippen LogP) is 5.13. The minimum absolute atomic E-state index is 0.0556. The Morgan fingerprint density at radius 2 is 1.70 bits per heavy atom. The number of halogens is 5. The quantitative estimate of drug-likeness (QED) is 0.220. The van der Waals surface area contributed by atoms with Crippen molar-refractivity contribution in [3.63, 3.8) is 0 Å². The fourth-order valence-electron chi connectivity index (χ4n) is 4.06. The molecule has 3 N–H and O–H groups in total. The monoisotopic (exact) mass is 564 g/mol. The summed E-state index contributed by atoms with van der Waals surface area (Å²) in [7, 11) is 0. The van der Waals surface area contributed by atoms with Crippen molar-refractivity contribution in [2.45, 2.75) is 25.1 Å². The molecule has 13 heteroatoms. The van der Waals surface area contributed by atoms with Gasteiger partial charge in [0.1, 0.15) is 11.6 Å². The molecule has 40 heavy (non-hydrogen) atoms. The Kier molecular flexibility index (Phi) is 9.48. The average Bonchev–Trinajstić information content (AvgIpc) is 2.95. The lowest BCUT2D eigenvalue weighted by Gasteiger charge is -2.26. The molecule has 0 aliphatic carbocycles. The van der Waals surface area contributed by atoms with Crippen LogP contribution in [0, 0.1) is 0 Å². The van der Waals surface area contributed by atoms with Crippen LogP contribution < -0.4 is 16.0 Å². The number of anilines is 3. The van der Waals surface area contributed by atoms with E-state index in [0.29, 0.717) is 18.7 Å². The molecule has 0 spiro atoms. The number of rotatable bonds is 11. The molecule has 0 bridgehead atoms. The van der Waals surface area contributed by atoms with Gasteiger partial charge in [0.05, 0.1) is 18.8 Å². The van der Waals surface area contributed by atoms with Crippen molar-refractivity contribution in [1.82, 2.24) is 14.9 Å². The number of aromatic nitrogens is 2. The third-order valence-corrected chi connectivity index (χ3v) is 6.26. The van der Waals surface area contributed by atoms with E-state index in [1.807, 2.05) is 12.1 Å². The van der Waals surface area contributed by atoms with Crippen molar-refractivity contribution >= 4 is 23.2 Å². The summed E-state index contributed by atoms with van der Waals surface area (Å²) in [5, 5.41) is 8.92. The number of ether oxygens (including phenoxy) is 1. The third-order valence-electron chi connectivity index (χ3n) is 6.26. The first-order chi connectivity index (χ1) is 19.1. The molecule has 0 unspecified atom stereocenters. The molecule has 1 amide bonds. The second-order valence-corrected chi connectivity index (χ2v) is 9.14. The summed E-state index contributed by atoms with van der Waals surface area (Å²) in [6, 6.07) is 10.0. The predicted molar refractivity (Wildman–Crippen MR) is 141 cm³/mol. The van der Waals surface area contributed by atoms with Crippen molar-refractivity contribution in [3.8, 4) is 0 Å². The number of alkyl halides is 5. The third kappa shape index (κ3) is 7.63. The highest BCUT2D eigenvalue weighted by molar-refractivity contribution is 6.07. The summed E-state index contributed by atoms with van der Waals surface area (Å²) in [6.07, 6.45) is -1.58. The fourth-order valence-corrected chi connectivity index (χ4v) is 4.06. The Labute approximate surface area is 228 Å². The van der Waals surface area contributed by atoms with Gasteiger partial charge in [0.2, 0.25) is 0 Å². The Balaban J connectivity index is 1.32. The van der Waals surface area contributed by atoms with Gasteiger partial charge in [-0.05, 0) is 54.9 Å². The second-order valence-electron chi connectivity index (χ2n) is 9.14. The highest BCUT2D eigenvalue weighted by Crippen LogP contribution is 2.43. The molecule has 1 aliphatic heterocycles. The van der Waals surface area contributed by atoms with Crippen LogP contribution in [0.2, 0.25) is 0 Å². The molecule has 0 atom stereocenters. The summed E-state index contributed by atoms with van der Waals surface area (Å²) in [5.41, 5.74) is -0.100. The smallest absolute Gasteiger partial charge is 0.379 e. The van der Waals surface area contributed by atoms with E-state index in [2.05, 4.69) is 30.8 Å². The minimum atomic E-state index is -5.72. The number of nitrogens with zero attached hydrogens (tertiary/aromatic N) is 3. The Hall–Kier alpha value is -3.84. The van der Waals surface area contributed by atoms with Crippen LogP contribution in [0.5, 0.6) is 0 Å². The molecule has 8 nitrogen and oxygen atoms in total. The number of morpholine rings is 1. The lowest BCUT2D eigenvalue weighted by atomic mass is 10.1. The first kappa shape index (κ1) is 29.2. The van der Waals surface area contributed by atoms with Crippen molar-refractivity contribution in [3.05, 3.63) is 77.6 Å². The van der Waals surface area contributed by atoms with Crippen LogP contribution in [0.15, 0.2) is 60.9 Å². The summed E-state index contributed by atoms with van der Waals surface area (Å²) in [4.78, 5) is 23.8. The van der Waals surface area contributed by atoms with Crippen molar-refractivity contribution in [1.29, 1.82) is 0 Å². The van der Waals surface area contributed by atoms with E-state index in [1.54, 1.807) is 12.3 Å². The van der Waals surface area contributed by atoms with E-state index in [-0.39, 0.29) is 17.1 Å². The SMILES string of the molecule is O=C(Nc1ccc(C(F)(F)C(F)(F)F)cc1)c1cccnc1NCc1ccnc(NCCCN2CCOCC2)c1. The van der Waals surface area contributed by atoms with Gasteiger partial charge < -0.3 is 20.7 Å². The van der Waals surface area contributed by atoms with Crippen molar-refractivity contribution in [2.24, 2.45) is 0 Å². The standard InChI is InChI=1S/C27H29F5N6O2/c28-26(29,27(30,31)32)20-4-6-21(7-5-20)37-25(39)22-3-1-9-35-24(22)36-18-19-8-11-34-23(17-19)33-10-2-12-38-13-15-40-16-14-38/h1,3-9,11,17H,2,10,12-16,18H2,(H,33,34)(H,35,36)(H,37,39). The maximum atomic E-state index is 13.5. The van der Waals surface area contributed by atoms with Crippen LogP contribution >= 0.6 is 0 Å². The number of carbonyl (C=O) groups excluding carboxylic acids is 1. The largest absolute Gasteiger partial charge is 0.458 e. The van der Waals surface area contributed by atoms with E-state index >= 15 is 0 Å². The minimum Gasteiger partial charge on any atom is -0.379 e. The molecule has 1 aromatic carbocycles. The van der Waals surface area contributed by atoms with Crippen LogP contribution in [0.3, 0.4) is 0 Å². The van der Waals surface area contributed by atoms with E-state index in [4.69, 9.17) is 4.74 Å². The van der Waals surface area contributed by atoms with Crippen molar-refractivity contribution in [2.75, 3.05) is 55.3 Å². The first-order valence-corrected chi connectivity index (χ1v) is 12.7. The van der Waals surface area contributed by atoms with Crippen molar-refractivity contribution < 1.29 is 31.5 Å². The number of amides is 1. The highest BCUT2D eigenvalue weighted by atomic mass is 19.4. The van der Waals surface area contributed by atoms with Crippen LogP contribution in [0.4, 0.5) is 39.3 Å². The molecule has 4 rings (SSSR count). The fraction of sp³-hybridized carbons (Fsp3) is 0.370. The molecule has 1 aliphatic rings. The molecule has 1 fully saturated rings. The zero-order valence-corrected chi connectivity index (χ0v) is 21.5. The Morgan fingerprint density at radius 3 is 2.42 bits per heavy atom. The van der Waals surface area contributed by atoms with Gasteiger partial charge in [0.25, 0.3) is 5.91 Å². The number of hydrogen-bond acceptors (Lipinski definition) is 7. The normalized spacial score (nSPS) is 14.5. The maximum absolute atomic E-state index is 13.5. The van der Waals surface area contributed by atoms with E-state index in [9.17, 15) is 26.7 Å². The van der Waals surface area contributed by atoms with Crippen LogP contribution in [-0.4, -0.2) is 66.3 Å². The maximum Gasteiger partial charge on any atom is 0.458 e. The zero-order chi connectivity index (χ0) is 28.6. The topological polar surface area (TPSA) is 91.4 Å². The molecule has 0 radical (unpaired) electrons. The first-order valence-electron chi connectivity index (χ1n) is 12.7. The molecule has 3 aromatic rings. The second kappa shape index (κ2) is 13.0. The van der Waals surface area contributed by atoms with Gasteiger partial charge in [-0.25, -0.2) is 9.97 Å². The molecule has 3 heterocycles. The van der Waals surface area contributed by atoms with Gasteiger partial charge in [-0.2, -0.15) is 22.0 Å². The molecule has 0 saturated carbocycles. The van der Waals surface area contributed by atoms with Crippen LogP contribution in [0.25, 0.3) is 0 Å². The Bertz CT molecular complexity index is 1270. The molecule has 214 valence electrons. The summed E-state index contributed by atoms with van der Waals surface area (Å²) < 4.78 is 70.2. The summed E-state index contributed by atoms with van der Waals surface area (Å²) >= 11 is 0. The summed E-state index contributed by atoms with van der Waals surface area (Å²) in [6.45, 7) is 5.50. The molecular formula is C27H29F5N6O2. The molecular weight excluding hydrogens is 535 g/mol. The average molecular weight is 565 g/mol. The Morgan fingerprint density at radius 1 is 0.950 bits per heavy atom. The van der Waals surface area contributed by atoms with Gasteiger partial charge in [0.15, 0.2) is 0 Å². The van der Waals surface area contributed by atoms with Crippen LogP contribution in [0.1, 0.15) is 27.9 Å². The number of benzene rings is 1. The van der Waals surface area contributed by atoms with Gasteiger partial charge in [-0.1, -0.05) is 12.1 Å². The van der Waals surface area contributed by atoms with Gasteiger partial charge in [-0.15, -0.1) is 0 Å². The number of carbonyl (C=O) groups is 1. The number of hydrogen-bond donors (Lipinski definition) is 3. The summed E-state index contributed by atoms with van der Waals surface area (Å²) in [5.74, 6) is -4.61. The van der Waals surface area contributed by atoms with Gasteiger partial charge in [0, 0.05) is 49.8 Å². The van der Waals surface area contributed by atoms with E-state index in [0.717, 1.165) is 69.3 Å². The highest BCUT2D eigenvalue weighted by Gasteiger charge is 2.58. The number of pyridine rings is 2. The van der Waals surface area contributed by atoms with Gasteiger partial charge in [-0.3, -0.25) is 9.69 Å². The molecule has 2 aromatic heterocycles.